The highest BCUT2D eigenvalue weighted by Crippen LogP contribution is 2.45. The fourth-order valence-corrected chi connectivity index (χ4v) is 10.2. The number of esters is 2. The molecular formula is C42H59BrN2O13. The van der Waals surface area contributed by atoms with Crippen LogP contribution in [-0.2, 0) is 28.5 Å². The van der Waals surface area contributed by atoms with Crippen LogP contribution in [0.5, 0.6) is 0 Å². The van der Waals surface area contributed by atoms with E-state index in [9.17, 15) is 40.0 Å². The Morgan fingerprint density at radius 3 is 2.29 bits per heavy atom. The van der Waals surface area contributed by atoms with Gasteiger partial charge in [-0.15, -0.1) is 0 Å². The Balaban J connectivity index is 1.44. The number of cyclic esters (lactones) is 1. The van der Waals surface area contributed by atoms with E-state index in [4.69, 9.17) is 23.7 Å². The van der Waals surface area contributed by atoms with Gasteiger partial charge in [0.15, 0.2) is 4.47 Å². The van der Waals surface area contributed by atoms with E-state index in [-0.39, 0.29) is 77.3 Å². The number of methoxy groups -OCH3 is 1. The second-order valence-corrected chi connectivity index (χ2v) is 17.9. The number of aliphatic hydroxyl groups excluding tert-OH is 2. The van der Waals surface area contributed by atoms with Crippen molar-refractivity contribution in [1.29, 1.82) is 0 Å². The molecule has 3 heterocycles. The molecule has 58 heavy (non-hydrogen) atoms. The first-order valence-electron chi connectivity index (χ1n) is 20.5. The second kappa shape index (κ2) is 19.9. The van der Waals surface area contributed by atoms with Crippen LogP contribution in [0.25, 0.3) is 0 Å². The average molecular weight is 880 g/mol. The fourth-order valence-electron chi connectivity index (χ4n) is 9.70. The number of carbonyl (C=O) groups excluding carboxylic acids is 2. The first-order valence-corrected chi connectivity index (χ1v) is 21.3. The number of benzene rings is 1. The lowest BCUT2D eigenvalue weighted by Gasteiger charge is -2.43. The number of nitro benzene ring substituents is 2. The minimum atomic E-state index is -1.15. The van der Waals surface area contributed by atoms with Gasteiger partial charge in [0.05, 0.1) is 52.0 Å². The summed E-state index contributed by atoms with van der Waals surface area (Å²) in [4.78, 5) is 48.0. The summed E-state index contributed by atoms with van der Waals surface area (Å²) in [5.41, 5.74) is -0.965. The van der Waals surface area contributed by atoms with Gasteiger partial charge in [0, 0.05) is 25.2 Å². The Morgan fingerprint density at radius 2 is 1.69 bits per heavy atom. The topological polar surface area (TPSA) is 207 Å². The van der Waals surface area contributed by atoms with E-state index in [0.717, 1.165) is 50.7 Å². The lowest BCUT2D eigenvalue weighted by atomic mass is 9.64. The van der Waals surface area contributed by atoms with Crippen molar-refractivity contribution in [1.82, 2.24) is 0 Å². The number of halogens is 1. The first kappa shape index (κ1) is 45.8. The van der Waals surface area contributed by atoms with Crippen molar-refractivity contribution in [2.45, 2.75) is 123 Å². The molecule has 1 aromatic carbocycles. The van der Waals surface area contributed by atoms with Gasteiger partial charge in [0.1, 0.15) is 25.2 Å². The van der Waals surface area contributed by atoms with E-state index in [1.54, 1.807) is 7.11 Å². The van der Waals surface area contributed by atoms with E-state index in [1.165, 1.54) is 0 Å². The van der Waals surface area contributed by atoms with Crippen LogP contribution in [-0.4, -0.2) is 95.0 Å². The normalized spacial score (nSPS) is 34.0. The third-order valence-electron chi connectivity index (χ3n) is 13.1. The maximum atomic E-state index is 13.6. The Morgan fingerprint density at radius 1 is 1.02 bits per heavy atom. The van der Waals surface area contributed by atoms with E-state index in [0.29, 0.717) is 11.5 Å². The van der Waals surface area contributed by atoms with Gasteiger partial charge in [-0.1, -0.05) is 65.7 Å². The van der Waals surface area contributed by atoms with Crippen molar-refractivity contribution >= 4 is 39.2 Å². The quantitative estimate of drug-likeness (QED) is 0.0779. The maximum Gasteiger partial charge on any atom is 0.338 e. The summed E-state index contributed by atoms with van der Waals surface area (Å²) in [5.74, 6) is -2.75. The number of nitrogens with zero attached hydrogens (tertiary/aromatic N) is 2. The number of hydrogen-bond acceptors (Lipinski definition) is 13. The molecule has 322 valence electrons. The molecule has 3 aliphatic heterocycles. The van der Waals surface area contributed by atoms with Crippen molar-refractivity contribution in [3.8, 4) is 0 Å². The van der Waals surface area contributed by atoms with Crippen LogP contribution >= 0.6 is 15.9 Å². The summed E-state index contributed by atoms with van der Waals surface area (Å²) < 4.78 is 29.3. The Kier molecular flexibility index (Phi) is 15.7. The molecule has 15 unspecified atom stereocenters. The molecule has 15 atom stereocenters. The van der Waals surface area contributed by atoms with E-state index < -0.39 is 63.3 Å². The van der Waals surface area contributed by atoms with Crippen LogP contribution in [0, 0.1) is 67.6 Å². The molecule has 0 spiro atoms. The molecule has 1 aliphatic carbocycles. The van der Waals surface area contributed by atoms with Crippen LogP contribution in [0.3, 0.4) is 0 Å². The summed E-state index contributed by atoms with van der Waals surface area (Å²) >= 11 is 2.93. The third-order valence-corrected chi connectivity index (χ3v) is 13.9. The molecule has 1 aromatic rings. The first-order chi connectivity index (χ1) is 27.4. The van der Waals surface area contributed by atoms with Crippen LogP contribution in [0.15, 0.2) is 40.4 Å². The second-order valence-electron chi connectivity index (χ2n) is 17.1. The van der Waals surface area contributed by atoms with Gasteiger partial charge in [-0.05, 0) is 89.6 Å². The van der Waals surface area contributed by atoms with Gasteiger partial charge in [-0.25, -0.2) is 4.79 Å². The molecular weight excluding hydrogens is 820 g/mol. The van der Waals surface area contributed by atoms with Crippen molar-refractivity contribution in [2.75, 3.05) is 20.3 Å². The predicted octanol–water partition coefficient (Wildman–Crippen LogP) is 7.14. The molecule has 4 fully saturated rings. The van der Waals surface area contributed by atoms with E-state index in [1.807, 2.05) is 13.8 Å². The van der Waals surface area contributed by atoms with Crippen LogP contribution in [0.4, 0.5) is 11.4 Å². The smallest absolute Gasteiger partial charge is 0.338 e. The zero-order valence-electron chi connectivity index (χ0n) is 34.4. The molecule has 4 aliphatic rings. The third kappa shape index (κ3) is 10.4. The van der Waals surface area contributed by atoms with Crippen LogP contribution in [0.1, 0.15) is 90.4 Å². The summed E-state index contributed by atoms with van der Waals surface area (Å²) in [6.07, 6.45) is 8.29. The molecule has 3 saturated heterocycles. The zero-order chi connectivity index (χ0) is 42.6. The van der Waals surface area contributed by atoms with Gasteiger partial charge < -0.3 is 33.9 Å². The molecule has 0 aromatic heterocycles. The molecule has 15 nitrogen and oxygen atoms in total. The number of aliphatic hydroxyl groups is 2. The van der Waals surface area contributed by atoms with Crippen LogP contribution in [0.2, 0.25) is 0 Å². The lowest BCUT2D eigenvalue weighted by Crippen LogP contribution is -2.44. The SMILES string of the molecule is COC(C)C1CC(C)C(C(C)C=CC2CCC(C)C(C(=CC3CCCC(C)C3C(C)C(O)C3C(=O)OCC3O)COC(=O)c3cc([N+](=O)[O-])c(Br)c([N+](=O)[O-])c3)O2)O1. The average Bonchev–Trinajstić information content (AvgIpc) is 3.75. The predicted molar refractivity (Wildman–Crippen MR) is 216 cm³/mol. The van der Waals surface area contributed by atoms with E-state index in [2.05, 4.69) is 61.9 Å². The zero-order valence-corrected chi connectivity index (χ0v) is 35.9. The Bertz CT molecular complexity index is 1690. The molecule has 0 bridgehead atoms. The highest BCUT2D eigenvalue weighted by Gasteiger charge is 2.47. The molecule has 0 amide bonds. The molecule has 5 rings (SSSR count). The van der Waals surface area contributed by atoms with E-state index >= 15 is 0 Å². The minimum absolute atomic E-state index is 0.00208. The molecule has 0 radical (unpaired) electrons. The summed E-state index contributed by atoms with van der Waals surface area (Å²) in [7, 11) is 1.69. The summed E-state index contributed by atoms with van der Waals surface area (Å²) in [5, 5.41) is 45.5. The summed E-state index contributed by atoms with van der Waals surface area (Å²) in [6, 6.07) is 1.89. The number of hydrogen-bond donors (Lipinski definition) is 2. The number of carbonyl (C=O) groups is 2. The minimum Gasteiger partial charge on any atom is -0.463 e. The Hall–Kier alpha value is -3.28. The number of nitro groups is 2. The Labute approximate surface area is 348 Å². The highest BCUT2D eigenvalue weighted by molar-refractivity contribution is 9.10. The molecule has 16 heteroatoms. The van der Waals surface area contributed by atoms with Gasteiger partial charge in [-0.3, -0.25) is 25.0 Å². The maximum absolute atomic E-state index is 13.6. The number of ether oxygens (including phenoxy) is 5. The van der Waals surface area contributed by atoms with Gasteiger partial charge >= 0.3 is 11.9 Å². The summed E-state index contributed by atoms with van der Waals surface area (Å²) in [6.45, 7) is 12.0. The standard InChI is InChI=1S/C42H59BrN2O13/c1-21-9-8-10-27(35(21)25(5)38(47)36-33(46)20-56-42(36)49)16-29(19-55-41(48)28-17-31(44(50)51)37(43)32(18-28)45(52)53)40-23(3)12-14-30(57-40)13-11-22(2)39-24(4)15-34(58-39)26(6)54-7/h11,13,16-18,21-27,30,33-36,38-40,46-47H,8-10,12,14-15,19-20H2,1-7H3. The fraction of sp³-hybridized carbons (Fsp3) is 0.714. The van der Waals surface area contributed by atoms with Crippen molar-refractivity contribution in [2.24, 2.45) is 47.3 Å². The number of allylic oxidation sites excluding steroid dienone is 1. The molecule has 1 saturated carbocycles. The largest absolute Gasteiger partial charge is 0.463 e. The van der Waals surface area contributed by atoms with Gasteiger partial charge in [-0.2, -0.15) is 0 Å². The number of rotatable bonds is 15. The van der Waals surface area contributed by atoms with Crippen molar-refractivity contribution in [3.05, 3.63) is 66.2 Å². The highest BCUT2D eigenvalue weighted by atomic mass is 79.9. The van der Waals surface area contributed by atoms with Crippen molar-refractivity contribution < 1.29 is 53.3 Å². The van der Waals surface area contributed by atoms with Crippen molar-refractivity contribution in [3.63, 3.8) is 0 Å². The van der Waals surface area contributed by atoms with Gasteiger partial charge in [0.2, 0.25) is 0 Å². The van der Waals surface area contributed by atoms with Gasteiger partial charge in [0.25, 0.3) is 11.4 Å². The molecule has 2 N–H and O–H groups in total. The lowest BCUT2D eigenvalue weighted by molar-refractivity contribution is -0.395. The van der Waals surface area contributed by atoms with Crippen LogP contribution < -0.4 is 0 Å². The monoisotopic (exact) mass is 878 g/mol.